The number of aryl methyl sites for hydroxylation is 1. The van der Waals surface area contributed by atoms with Crippen molar-refractivity contribution in [1.29, 1.82) is 5.26 Å². The minimum absolute atomic E-state index is 0.0493. The fourth-order valence-corrected chi connectivity index (χ4v) is 2.30. The third-order valence-corrected chi connectivity index (χ3v) is 3.70. The number of nitrogens with zero attached hydrogens (tertiary/aromatic N) is 2. The first kappa shape index (κ1) is 19.5. The van der Waals surface area contributed by atoms with E-state index in [1.165, 1.54) is 26.4 Å². The van der Waals surface area contributed by atoms with Gasteiger partial charge in [0, 0.05) is 5.69 Å². The molecule has 0 aliphatic carbocycles. The second kappa shape index (κ2) is 8.49. The molecule has 0 aromatic heterocycles. The highest BCUT2D eigenvalue weighted by Crippen LogP contribution is 2.35. The van der Waals surface area contributed by atoms with Crippen molar-refractivity contribution >= 4 is 23.4 Å². The first-order valence-electron chi connectivity index (χ1n) is 7.79. The predicted molar refractivity (Wildman–Crippen MR) is 99.6 cm³/mol. The summed E-state index contributed by atoms with van der Waals surface area (Å²) < 4.78 is 10.2. The van der Waals surface area contributed by atoms with Gasteiger partial charge in [-0.05, 0) is 31.2 Å². The van der Waals surface area contributed by atoms with Crippen molar-refractivity contribution in [3.8, 4) is 17.6 Å². The summed E-state index contributed by atoms with van der Waals surface area (Å²) >= 11 is 0. The number of carbonyl (C=O) groups excluding carboxylic acids is 1. The second-order valence-electron chi connectivity index (χ2n) is 5.51. The van der Waals surface area contributed by atoms with E-state index in [1.54, 1.807) is 18.2 Å². The molecule has 0 unspecified atom stereocenters. The van der Waals surface area contributed by atoms with Gasteiger partial charge in [-0.3, -0.25) is 14.9 Å². The number of amides is 1. The van der Waals surface area contributed by atoms with Crippen LogP contribution in [0, 0.1) is 28.4 Å². The topological polar surface area (TPSA) is 114 Å². The summed E-state index contributed by atoms with van der Waals surface area (Å²) in [7, 11) is 2.74. The van der Waals surface area contributed by atoms with Crippen LogP contribution in [0.5, 0.6) is 11.5 Å². The maximum Gasteiger partial charge on any atom is 0.280 e. The highest BCUT2D eigenvalue weighted by Gasteiger charge is 2.20. The quantitative estimate of drug-likeness (QED) is 0.362. The summed E-state index contributed by atoms with van der Waals surface area (Å²) in [4.78, 5) is 23.1. The molecule has 0 saturated carbocycles. The molecule has 1 amide bonds. The molecule has 0 spiro atoms. The number of nitro groups is 1. The van der Waals surface area contributed by atoms with Crippen LogP contribution in [0.1, 0.15) is 11.1 Å². The Kier molecular flexibility index (Phi) is 6.12. The van der Waals surface area contributed by atoms with Crippen LogP contribution in [-0.4, -0.2) is 25.1 Å². The molecule has 0 saturated heterocycles. The second-order valence-corrected chi connectivity index (χ2v) is 5.51. The summed E-state index contributed by atoms with van der Waals surface area (Å²) in [5.41, 5.74) is 0.973. The van der Waals surface area contributed by atoms with Crippen molar-refractivity contribution in [3.05, 3.63) is 63.2 Å². The molecule has 0 radical (unpaired) electrons. The molecule has 8 nitrogen and oxygen atoms in total. The molecule has 0 heterocycles. The van der Waals surface area contributed by atoms with Crippen molar-refractivity contribution < 1.29 is 19.2 Å². The number of nitriles is 1. The molecular formula is C19H17N3O5. The van der Waals surface area contributed by atoms with Gasteiger partial charge in [0.25, 0.3) is 11.6 Å². The normalized spacial score (nSPS) is 10.7. The molecule has 8 heteroatoms. The molecule has 0 bridgehead atoms. The molecule has 2 aromatic carbocycles. The molecule has 0 atom stereocenters. The largest absolute Gasteiger partial charge is 0.493 e. The standard InChI is InChI=1S/C19H17N3O5/c1-12-4-6-15(7-5-12)21-19(23)14(11-20)8-13-9-17(26-2)18(27-3)10-16(13)22(24)25/h4-10H,1-3H3,(H,21,23)/b14-8+. The molecule has 0 aliphatic heterocycles. The van der Waals surface area contributed by atoms with Crippen LogP contribution in [-0.2, 0) is 4.79 Å². The number of ether oxygens (including phenoxy) is 2. The number of hydrogen-bond acceptors (Lipinski definition) is 6. The zero-order chi connectivity index (χ0) is 20.0. The number of methoxy groups -OCH3 is 2. The summed E-state index contributed by atoms with van der Waals surface area (Å²) in [5.74, 6) is -0.264. The van der Waals surface area contributed by atoms with Gasteiger partial charge in [-0.15, -0.1) is 0 Å². The van der Waals surface area contributed by atoms with E-state index in [9.17, 15) is 20.2 Å². The summed E-state index contributed by atoms with van der Waals surface area (Å²) in [5, 5.41) is 23.3. The SMILES string of the molecule is COc1cc(/C=C(\C#N)C(=O)Nc2ccc(C)cc2)c([N+](=O)[O-])cc1OC. The molecule has 0 aliphatic rings. The monoisotopic (exact) mass is 367 g/mol. The number of hydrogen-bond donors (Lipinski definition) is 1. The minimum Gasteiger partial charge on any atom is -0.493 e. The van der Waals surface area contributed by atoms with Gasteiger partial charge in [-0.2, -0.15) is 5.26 Å². The van der Waals surface area contributed by atoms with Crippen molar-refractivity contribution in [2.45, 2.75) is 6.92 Å². The van der Waals surface area contributed by atoms with Gasteiger partial charge in [0.05, 0.1) is 30.8 Å². The van der Waals surface area contributed by atoms with Gasteiger partial charge in [-0.1, -0.05) is 17.7 Å². The van der Waals surface area contributed by atoms with Crippen LogP contribution in [0.15, 0.2) is 42.0 Å². The van der Waals surface area contributed by atoms with E-state index in [0.717, 1.165) is 11.6 Å². The fourth-order valence-electron chi connectivity index (χ4n) is 2.30. The zero-order valence-corrected chi connectivity index (χ0v) is 15.0. The average Bonchev–Trinajstić information content (AvgIpc) is 2.66. The first-order chi connectivity index (χ1) is 12.9. The first-order valence-corrected chi connectivity index (χ1v) is 7.79. The van der Waals surface area contributed by atoms with E-state index in [-0.39, 0.29) is 28.3 Å². The molecule has 2 rings (SSSR count). The van der Waals surface area contributed by atoms with Gasteiger partial charge in [0.15, 0.2) is 11.5 Å². The number of anilines is 1. The highest BCUT2D eigenvalue weighted by atomic mass is 16.6. The van der Waals surface area contributed by atoms with Gasteiger partial charge >= 0.3 is 0 Å². The Morgan fingerprint density at radius 3 is 2.30 bits per heavy atom. The third-order valence-electron chi connectivity index (χ3n) is 3.70. The predicted octanol–water partition coefficient (Wildman–Crippen LogP) is 3.47. The average molecular weight is 367 g/mol. The summed E-state index contributed by atoms with van der Waals surface area (Å²) in [6, 6.07) is 11.3. The van der Waals surface area contributed by atoms with Gasteiger partial charge in [-0.25, -0.2) is 0 Å². The van der Waals surface area contributed by atoms with Gasteiger partial charge < -0.3 is 14.8 Å². The van der Waals surface area contributed by atoms with E-state index in [0.29, 0.717) is 5.69 Å². The molecule has 138 valence electrons. The number of nitrogens with one attached hydrogen (secondary N) is 1. The number of nitro benzene ring substituents is 1. The van der Waals surface area contributed by atoms with Crippen molar-refractivity contribution in [3.63, 3.8) is 0 Å². The minimum atomic E-state index is -0.676. The Bertz CT molecular complexity index is 943. The third kappa shape index (κ3) is 4.61. The molecule has 0 fully saturated rings. The van der Waals surface area contributed by atoms with Crippen LogP contribution >= 0.6 is 0 Å². The lowest BCUT2D eigenvalue weighted by Crippen LogP contribution is -2.13. The Morgan fingerprint density at radius 1 is 1.19 bits per heavy atom. The van der Waals surface area contributed by atoms with E-state index in [2.05, 4.69) is 5.32 Å². The van der Waals surface area contributed by atoms with Crippen molar-refractivity contribution in [2.75, 3.05) is 19.5 Å². The number of carbonyl (C=O) groups is 1. The highest BCUT2D eigenvalue weighted by molar-refractivity contribution is 6.10. The Morgan fingerprint density at radius 2 is 1.78 bits per heavy atom. The maximum absolute atomic E-state index is 12.4. The van der Waals surface area contributed by atoms with E-state index in [4.69, 9.17) is 9.47 Å². The molecular weight excluding hydrogens is 350 g/mol. The lowest BCUT2D eigenvalue weighted by Gasteiger charge is -2.09. The zero-order valence-electron chi connectivity index (χ0n) is 15.0. The van der Waals surface area contributed by atoms with Gasteiger partial charge in [0.1, 0.15) is 11.6 Å². The molecule has 27 heavy (non-hydrogen) atoms. The Hall–Kier alpha value is -3.86. The lowest BCUT2D eigenvalue weighted by molar-refractivity contribution is -0.385. The summed E-state index contributed by atoms with van der Waals surface area (Å²) in [6.45, 7) is 1.91. The van der Waals surface area contributed by atoms with E-state index in [1.807, 2.05) is 19.1 Å². The maximum atomic E-state index is 12.4. The van der Waals surface area contributed by atoms with Crippen LogP contribution in [0.4, 0.5) is 11.4 Å². The van der Waals surface area contributed by atoms with E-state index < -0.39 is 10.8 Å². The van der Waals surface area contributed by atoms with Crippen LogP contribution in [0.25, 0.3) is 6.08 Å². The molecule has 2 aromatic rings. The van der Waals surface area contributed by atoms with Crippen molar-refractivity contribution in [2.24, 2.45) is 0 Å². The molecule has 1 N–H and O–H groups in total. The van der Waals surface area contributed by atoms with Gasteiger partial charge in [0.2, 0.25) is 0 Å². The smallest absolute Gasteiger partial charge is 0.280 e. The van der Waals surface area contributed by atoms with E-state index >= 15 is 0 Å². The van der Waals surface area contributed by atoms with Crippen molar-refractivity contribution in [1.82, 2.24) is 0 Å². The van der Waals surface area contributed by atoms with Crippen LogP contribution in [0.2, 0.25) is 0 Å². The Balaban J connectivity index is 2.43. The lowest BCUT2D eigenvalue weighted by atomic mass is 10.1. The van der Waals surface area contributed by atoms with Crippen LogP contribution in [0.3, 0.4) is 0 Å². The van der Waals surface area contributed by atoms with Crippen LogP contribution < -0.4 is 14.8 Å². The number of benzene rings is 2. The fraction of sp³-hybridized carbons (Fsp3) is 0.158. The summed E-state index contributed by atoms with van der Waals surface area (Å²) in [6.07, 6.45) is 1.14. The Labute approximate surface area is 155 Å². The number of rotatable bonds is 6.